The number of hydrogen-bond acceptors (Lipinski definition) is 3. The molecule has 1 N–H and O–H groups in total. The molecule has 0 aromatic carbocycles. The van der Waals surface area contributed by atoms with Crippen LogP contribution in [0.25, 0.3) is 0 Å². The van der Waals surface area contributed by atoms with Crippen LogP contribution < -0.4 is 5.32 Å². The fourth-order valence-electron chi connectivity index (χ4n) is 2.05. The van der Waals surface area contributed by atoms with Gasteiger partial charge in [-0.3, -0.25) is 4.90 Å². The summed E-state index contributed by atoms with van der Waals surface area (Å²) in [5.74, 6) is 2.02. The van der Waals surface area contributed by atoms with Crippen molar-refractivity contribution in [3.05, 3.63) is 23.7 Å². The third kappa shape index (κ3) is 3.35. The molecule has 1 fully saturated rings. The van der Waals surface area contributed by atoms with E-state index in [1.165, 1.54) is 19.4 Å². The first kappa shape index (κ1) is 11.7. The molecule has 1 aromatic rings. The van der Waals surface area contributed by atoms with E-state index in [0.717, 1.165) is 37.2 Å². The van der Waals surface area contributed by atoms with Crippen LogP contribution in [0.2, 0.25) is 0 Å². The Bertz CT molecular complexity index is 317. The van der Waals surface area contributed by atoms with E-state index in [9.17, 15) is 0 Å². The molecule has 90 valence electrons. The summed E-state index contributed by atoms with van der Waals surface area (Å²) >= 11 is 0. The predicted octanol–water partition coefficient (Wildman–Crippen LogP) is 2.16. The molecule has 16 heavy (non-hydrogen) atoms. The Balaban J connectivity index is 1.60. The highest BCUT2D eigenvalue weighted by Crippen LogP contribution is 2.25. The third-order valence-corrected chi connectivity index (χ3v) is 3.14. The van der Waals surface area contributed by atoms with Gasteiger partial charge < -0.3 is 9.73 Å². The van der Waals surface area contributed by atoms with E-state index in [1.54, 1.807) is 0 Å². The first-order chi connectivity index (χ1) is 7.79. The standard InChI is InChI=1S/C13H22N2O/c1-3-15(12-5-6-12)9-8-14-10-13-7-4-11(2)16-13/h4,7,12,14H,3,5-6,8-10H2,1-2H3. The van der Waals surface area contributed by atoms with Gasteiger partial charge in [-0.2, -0.15) is 0 Å². The maximum absolute atomic E-state index is 5.50. The van der Waals surface area contributed by atoms with Gasteiger partial charge in [-0.25, -0.2) is 0 Å². The summed E-state index contributed by atoms with van der Waals surface area (Å²) < 4.78 is 5.50. The maximum atomic E-state index is 5.50. The molecule has 0 amide bonds. The van der Waals surface area contributed by atoms with E-state index in [4.69, 9.17) is 4.42 Å². The number of likely N-dealkylation sites (N-methyl/N-ethyl adjacent to an activating group) is 1. The predicted molar refractivity (Wildman–Crippen MR) is 65.4 cm³/mol. The average molecular weight is 222 g/mol. The van der Waals surface area contributed by atoms with Gasteiger partial charge in [0.2, 0.25) is 0 Å². The first-order valence-corrected chi connectivity index (χ1v) is 6.29. The van der Waals surface area contributed by atoms with Crippen molar-refractivity contribution in [3.8, 4) is 0 Å². The highest BCUT2D eigenvalue weighted by atomic mass is 16.3. The number of nitrogens with one attached hydrogen (secondary N) is 1. The molecule has 0 aliphatic heterocycles. The van der Waals surface area contributed by atoms with Crippen LogP contribution in [-0.2, 0) is 6.54 Å². The molecule has 0 spiro atoms. The van der Waals surface area contributed by atoms with Gasteiger partial charge in [-0.05, 0) is 38.4 Å². The van der Waals surface area contributed by atoms with E-state index in [0.29, 0.717) is 0 Å². The summed E-state index contributed by atoms with van der Waals surface area (Å²) in [4.78, 5) is 2.56. The monoisotopic (exact) mass is 222 g/mol. The minimum absolute atomic E-state index is 0.843. The van der Waals surface area contributed by atoms with Gasteiger partial charge in [-0.1, -0.05) is 6.92 Å². The summed E-state index contributed by atoms with van der Waals surface area (Å²) in [6, 6.07) is 4.93. The first-order valence-electron chi connectivity index (χ1n) is 6.29. The molecule has 3 nitrogen and oxygen atoms in total. The molecule has 0 atom stereocenters. The molecule has 0 radical (unpaired) electrons. The lowest BCUT2D eigenvalue weighted by Crippen LogP contribution is -2.33. The van der Waals surface area contributed by atoms with E-state index in [2.05, 4.69) is 17.1 Å². The second-order valence-corrected chi connectivity index (χ2v) is 4.55. The molecule has 0 saturated heterocycles. The van der Waals surface area contributed by atoms with Crippen LogP contribution in [0.15, 0.2) is 16.5 Å². The Labute approximate surface area is 97.8 Å². The van der Waals surface area contributed by atoms with E-state index in [-0.39, 0.29) is 0 Å². The molecule has 1 saturated carbocycles. The SMILES string of the molecule is CCN(CCNCc1ccc(C)o1)C1CC1. The quantitative estimate of drug-likeness (QED) is 0.717. The zero-order valence-electron chi connectivity index (χ0n) is 10.3. The number of nitrogens with zero attached hydrogens (tertiary/aromatic N) is 1. The summed E-state index contributed by atoms with van der Waals surface area (Å²) in [5.41, 5.74) is 0. The van der Waals surface area contributed by atoms with Gasteiger partial charge in [0.1, 0.15) is 11.5 Å². The van der Waals surface area contributed by atoms with Gasteiger partial charge in [0, 0.05) is 19.1 Å². The number of furan rings is 1. The Kier molecular flexibility index (Phi) is 4.02. The molecule has 1 aliphatic carbocycles. The van der Waals surface area contributed by atoms with Crippen molar-refractivity contribution in [1.82, 2.24) is 10.2 Å². The topological polar surface area (TPSA) is 28.4 Å². The van der Waals surface area contributed by atoms with Crippen molar-refractivity contribution in [3.63, 3.8) is 0 Å². The second-order valence-electron chi connectivity index (χ2n) is 4.55. The third-order valence-electron chi connectivity index (χ3n) is 3.14. The molecular formula is C13H22N2O. The van der Waals surface area contributed by atoms with Gasteiger partial charge in [0.05, 0.1) is 6.54 Å². The summed E-state index contributed by atoms with van der Waals surface area (Å²) in [6.07, 6.45) is 2.79. The van der Waals surface area contributed by atoms with Crippen molar-refractivity contribution >= 4 is 0 Å². The van der Waals surface area contributed by atoms with E-state index in [1.807, 2.05) is 19.1 Å². The van der Waals surface area contributed by atoms with Crippen LogP contribution in [0, 0.1) is 6.92 Å². The van der Waals surface area contributed by atoms with Crippen LogP contribution in [0.5, 0.6) is 0 Å². The Morgan fingerprint density at radius 3 is 2.81 bits per heavy atom. The largest absolute Gasteiger partial charge is 0.465 e. The lowest BCUT2D eigenvalue weighted by Gasteiger charge is -2.19. The van der Waals surface area contributed by atoms with Gasteiger partial charge in [0.25, 0.3) is 0 Å². The number of hydrogen-bond donors (Lipinski definition) is 1. The van der Waals surface area contributed by atoms with Crippen LogP contribution in [0.4, 0.5) is 0 Å². The zero-order valence-corrected chi connectivity index (χ0v) is 10.3. The Hall–Kier alpha value is -0.800. The van der Waals surface area contributed by atoms with Crippen LogP contribution in [0.1, 0.15) is 31.3 Å². The molecule has 3 heteroatoms. The minimum Gasteiger partial charge on any atom is -0.465 e. The number of aryl methyl sites for hydroxylation is 1. The van der Waals surface area contributed by atoms with Crippen molar-refractivity contribution in [2.45, 2.75) is 39.3 Å². The average Bonchev–Trinajstić information content (AvgIpc) is 3.03. The lowest BCUT2D eigenvalue weighted by atomic mass is 10.4. The molecule has 1 aromatic heterocycles. The summed E-state index contributed by atoms with van der Waals surface area (Å²) in [5, 5.41) is 3.43. The van der Waals surface area contributed by atoms with Crippen molar-refractivity contribution in [2.75, 3.05) is 19.6 Å². The maximum Gasteiger partial charge on any atom is 0.117 e. The van der Waals surface area contributed by atoms with Gasteiger partial charge >= 0.3 is 0 Å². The normalized spacial score (nSPS) is 15.9. The molecule has 0 bridgehead atoms. The van der Waals surface area contributed by atoms with Gasteiger partial charge in [0.15, 0.2) is 0 Å². The second kappa shape index (κ2) is 5.51. The summed E-state index contributed by atoms with van der Waals surface area (Å²) in [7, 11) is 0. The molecule has 1 heterocycles. The smallest absolute Gasteiger partial charge is 0.117 e. The zero-order chi connectivity index (χ0) is 11.4. The Morgan fingerprint density at radius 2 is 2.25 bits per heavy atom. The molecule has 0 unspecified atom stereocenters. The fourth-order valence-corrected chi connectivity index (χ4v) is 2.05. The van der Waals surface area contributed by atoms with Crippen molar-refractivity contribution in [1.29, 1.82) is 0 Å². The Morgan fingerprint density at radius 1 is 1.44 bits per heavy atom. The molecule has 2 rings (SSSR count). The molecular weight excluding hydrogens is 200 g/mol. The highest BCUT2D eigenvalue weighted by molar-refractivity contribution is 5.05. The van der Waals surface area contributed by atoms with E-state index < -0.39 is 0 Å². The highest BCUT2D eigenvalue weighted by Gasteiger charge is 2.26. The van der Waals surface area contributed by atoms with Crippen molar-refractivity contribution in [2.24, 2.45) is 0 Å². The fraction of sp³-hybridized carbons (Fsp3) is 0.692. The molecule has 1 aliphatic rings. The van der Waals surface area contributed by atoms with Crippen molar-refractivity contribution < 1.29 is 4.42 Å². The number of rotatable bonds is 7. The van der Waals surface area contributed by atoms with Crippen LogP contribution >= 0.6 is 0 Å². The summed E-state index contributed by atoms with van der Waals surface area (Å²) in [6.45, 7) is 8.44. The van der Waals surface area contributed by atoms with Gasteiger partial charge in [-0.15, -0.1) is 0 Å². The van der Waals surface area contributed by atoms with Crippen LogP contribution in [-0.4, -0.2) is 30.6 Å². The lowest BCUT2D eigenvalue weighted by molar-refractivity contribution is 0.275. The minimum atomic E-state index is 0.843. The van der Waals surface area contributed by atoms with Crippen LogP contribution in [0.3, 0.4) is 0 Å². The van der Waals surface area contributed by atoms with E-state index >= 15 is 0 Å².